The Kier molecular flexibility index (Phi) is 10.5. The molecule has 4 unspecified atom stereocenters. The molecule has 1 aromatic heterocycles. The number of carboxylic acids is 2. The summed E-state index contributed by atoms with van der Waals surface area (Å²) in [7, 11) is 0. The van der Waals surface area contributed by atoms with E-state index in [1.165, 1.54) is 12.5 Å². The summed E-state index contributed by atoms with van der Waals surface area (Å²) >= 11 is 0. The van der Waals surface area contributed by atoms with Gasteiger partial charge in [-0.05, 0) is 5.56 Å². The van der Waals surface area contributed by atoms with Crippen LogP contribution in [0.25, 0.3) is 0 Å². The number of carbonyl (C=O) groups excluding carboxylic acids is 3. The Balaban J connectivity index is 2.16. The maximum atomic E-state index is 13.0. The fourth-order valence-corrected chi connectivity index (χ4v) is 3.17. The Hall–Kier alpha value is -4.30. The molecule has 1 heterocycles. The van der Waals surface area contributed by atoms with Crippen LogP contribution in [0.5, 0.6) is 0 Å². The molecule has 0 aliphatic rings. The molecular formula is C22H28N6O8. The fraction of sp³-hybridized carbons (Fsp3) is 0.364. The molecule has 0 fully saturated rings. The van der Waals surface area contributed by atoms with E-state index >= 15 is 0 Å². The maximum Gasteiger partial charge on any atom is 0.326 e. The van der Waals surface area contributed by atoms with Crippen molar-refractivity contribution in [1.82, 2.24) is 25.9 Å². The van der Waals surface area contributed by atoms with Crippen molar-refractivity contribution in [2.45, 2.75) is 43.4 Å². The largest absolute Gasteiger partial charge is 0.481 e. The van der Waals surface area contributed by atoms with Gasteiger partial charge in [0.2, 0.25) is 17.7 Å². The van der Waals surface area contributed by atoms with Crippen LogP contribution in [0.1, 0.15) is 17.7 Å². The molecule has 9 N–H and O–H groups in total. The normalized spacial score (nSPS) is 14.1. The van der Waals surface area contributed by atoms with Gasteiger partial charge >= 0.3 is 11.9 Å². The van der Waals surface area contributed by atoms with Gasteiger partial charge in [-0.2, -0.15) is 0 Å². The number of imidazole rings is 1. The number of H-pyrrole nitrogens is 1. The van der Waals surface area contributed by atoms with Crippen LogP contribution in [-0.4, -0.2) is 85.7 Å². The number of benzene rings is 1. The fourth-order valence-electron chi connectivity index (χ4n) is 3.17. The molecule has 3 amide bonds. The predicted molar refractivity (Wildman–Crippen MR) is 123 cm³/mol. The minimum Gasteiger partial charge on any atom is -0.481 e. The lowest BCUT2D eigenvalue weighted by Gasteiger charge is -2.24. The van der Waals surface area contributed by atoms with Crippen molar-refractivity contribution in [3.05, 3.63) is 54.1 Å². The zero-order chi connectivity index (χ0) is 26.7. The van der Waals surface area contributed by atoms with Gasteiger partial charge in [0.25, 0.3) is 0 Å². The van der Waals surface area contributed by atoms with E-state index < -0.39 is 66.9 Å². The number of nitrogens with zero attached hydrogens (tertiary/aromatic N) is 1. The Morgan fingerprint density at radius 2 is 1.50 bits per heavy atom. The maximum absolute atomic E-state index is 13.0. The number of hydrogen-bond donors (Lipinski definition) is 8. The second kappa shape index (κ2) is 13.6. The summed E-state index contributed by atoms with van der Waals surface area (Å²) < 4.78 is 0. The van der Waals surface area contributed by atoms with Crippen LogP contribution in [0.2, 0.25) is 0 Å². The first-order valence-corrected chi connectivity index (χ1v) is 10.8. The van der Waals surface area contributed by atoms with E-state index in [1.54, 1.807) is 30.3 Å². The van der Waals surface area contributed by atoms with Gasteiger partial charge in [0, 0.05) is 24.7 Å². The zero-order valence-corrected chi connectivity index (χ0v) is 19.1. The van der Waals surface area contributed by atoms with E-state index in [0.717, 1.165) is 0 Å². The Morgan fingerprint density at radius 3 is 2.06 bits per heavy atom. The quantitative estimate of drug-likeness (QED) is 0.135. The Bertz CT molecular complexity index is 1050. The highest BCUT2D eigenvalue weighted by Gasteiger charge is 2.30. The molecule has 0 bridgehead atoms. The van der Waals surface area contributed by atoms with Gasteiger partial charge in [-0.15, -0.1) is 0 Å². The second-order valence-corrected chi connectivity index (χ2v) is 7.88. The first kappa shape index (κ1) is 27.9. The number of aliphatic hydroxyl groups is 1. The van der Waals surface area contributed by atoms with Crippen molar-refractivity contribution >= 4 is 29.7 Å². The number of carbonyl (C=O) groups is 5. The summed E-state index contributed by atoms with van der Waals surface area (Å²) in [6.07, 6.45) is 1.95. The number of nitrogens with two attached hydrogens (primary N) is 1. The molecule has 0 aliphatic heterocycles. The highest BCUT2D eigenvalue weighted by molar-refractivity contribution is 5.95. The van der Waals surface area contributed by atoms with Crippen LogP contribution < -0.4 is 21.7 Å². The molecule has 14 nitrogen and oxygen atoms in total. The van der Waals surface area contributed by atoms with Gasteiger partial charge in [-0.3, -0.25) is 19.2 Å². The third-order valence-electron chi connectivity index (χ3n) is 5.06. The number of aliphatic carboxylic acids is 2. The lowest BCUT2D eigenvalue weighted by atomic mass is 10.0. The molecule has 14 heteroatoms. The first-order valence-electron chi connectivity index (χ1n) is 10.8. The summed E-state index contributed by atoms with van der Waals surface area (Å²) in [5, 5.41) is 34.8. The molecule has 2 aromatic rings. The number of nitrogens with one attached hydrogen (secondary N) is 4. The van der Waals surface area contributed by atoms with Crippen LogP contribution in [0.3, 0.4) is 0 Å². The van der Waals surface area contributed by atoms with Gasteiger partial charge in [-0.1, -0.05) is 30.3 Å². The molecule has 36 heavy (non-hydrogen) atoms. The first-order chi connectivity index (χ1) is 17.1. The minimum absolute atomic E-state index is 0.0283. The van der Waals surface area contributed by atoms with E-state index in [1.807, 2.05) is 0 Å². The van der Waals surface area contributed by atoms with Gasteiger partial charge in [-0.25, -0.2) is 9.78 Å². The van der Waals surface area contributed by atoms with E-state index in [9.17, 15) is 34.2 Å². The minimum atomic E-state index is -1.54. The van der Waals surface area contributed by atoms with Crippen LogP contribution in [0.4, 0.5) is 0 Å². The number of amides is 3. The highest BCUT2D eigenvalue weighted by atomic mass is 16.4. The summed E-state index contributed by atoms with van der Waals surface area (Å²) in [5.41, 5.74) is 6.59. The molecule has 2 rings (SSSR count). The number of rotatable bonds is 14. The SMILES string of the molecule is NC(CC(=O)O)C(=O)NC(CO)C(=O)NC(Cc1ccccc1)C(=O)NC(Cc1cnc[nH]1)C(=O)O. The third kappa shape index (κ3) is 8.81. The van der Waals surface area contributed by atoms with Gasteiger partial charge < -0.3 is 42.0 Å². The number of hydrogen-bond acceptors (Lipinski definition) is 8. The Labute approximate surface area is 205 Å². The average Bonchev–Trinajstić information content (AvgIpc) is 3.34. The van der Waals surface area contributed by atoms with Crippen molar-refractivity contribution in [2.75, 3.05) is 6.61 Å². The van der Waals surface area contributed by atoms with Crippen LogP contribution in [0.15, 0.2) is 42.9 Å². The molecule has 0 radical (unpaired) electrons. The molecule has 194 valence electrons. The molecule has 0 saturated carbocycles. The molecule has 4 atom stereocenters. The number of carboxylic acid groups (broad SMARTS) is 2. The van der Waals surface area contributed by atoms with Crippen molar-refractivity contribution in [1.29, 1.82) is 0 Å². The number of aliphatic hydroxyl groups excluding tert-OH is 1. The molecule has 0 aliphatic carbocycles. The smallest absolute Gasteiger partial charge is 0.326 e. The molecular weight excluding hydrogens is 476 g/mol. The van der Waals surface area contributed by atoms with Crippen molar-refractivity contribution < 1.29 is 39.3 Å². The number of aromatic amines is 1. The van der Waals surface area contributed by atoms with E-state index in [4.69, 9.17) is 10.8 Å². The predicted octanol–water partition coefficient (Wildman–Crippen LogP) is -2.47. The number of aromatic nitrogens is 2. The van der Waals surface area contributed by atoms with Gasteiger partial charge in [0.05, 0.1) is 25.4 Å². The van der Waals surface area contributed by atoms with Crippen LogP contribution in [-0.2, 0) is 36.8 Å². The van der Waals surface area contributed by atoms with Gasteiger partial charge in [0.15, 0.2) is 0 Å². The molecule has 0 spiro atoms. The summed E-state index contributed by atoms with van der Waals surface area (Å²) in [6.45, 7) is -0.866. The van der Waals surface area contributed by atoms with Crippen molar-refractivity contribution in [2.24, 2.45) is 5.73 Å². The lowest BCUT2D eigenvalue weighted by molar-refractivity contribution is -0.142. The standard InChI is InChI=1S/C22H28N6O8/c23-14(8-18(30)31)19(32)28-17(10-29)21(34)26-15(6-12-4-2-1-3-5-12)20(33)27-16(22(35)36)7-13-9-24-11-25-13/h1-5,9,11,14-17,29H,6-8,10,23H2,(H,24,25)(H,26,34)(H,27,33)(H,28,32)(H,30,31)(H,35,36). The zero-order valence-electron chi connectivity index (χ0n) is 19.1. The summed E-state index contributed by atoms with van der Waals surface area (Å²) in [5.74, 6) is -5.39. The van der Waals surface area contributed by atoms with E-state index in [2.05, 4.69) is 25.9 Å². The monoisotopic (exact) mass is 504 g/mol. The van der Waals surface area contributed by atoms with Crippen molar-refractivity contribution in [3.8, 4) is 0 Å². The van der Waals surface area contributed by atoms with Crippen LogP contribution in [0, 0.1) is 0 Å². The highest BCUT2D eigenvalue weighted by Crippen LogP contribution is 2.06. The topological polar surface area (TPSA) is 237 Å². The van der Waals surface area contributed by atoms with E-state index in [-0.39, 0.29) is 12.8 Å². The summed E-state index contributed by atoms with van der Waals surface area (Å²) in [4.78, 5) is 66.9. The summed E-state index contributed by atoms with van der Waals surface area (Å²) in [6, 6.07) is 2.95. The lowest BCUT2D eigenvalue weighted by Crippen LogP contribution is -2.58. The third-order valence-corrected chi connectivity index (χ3v) is 5.06. The van der Waals surface area contributed by atoms with Crippen molar-refractivity contribution in [3.63, 3.8) is 0 Å². The molecule has 1 aromatic carbocycles. The van der Waals surface area contributed by atoms with Crippen LogP contribution >= 0.6 is 0 Å². The second-order valence-electron chi connectivity index (χ2n) is 7.88. The van der Waals surface area contributed by atoms with Gasteiger partial charge in [0.1, 0.15) is 18.1 Å². The molecule has 0 saturated heterocycles. The van der Waals surface area contributed by atoms with E-state index in [0.29, 0.717) is 11.3 Å². The Morgan fingerprint density at radius 1 is 0.889 bits per heavy atom. The average molecular weight is 505 g/mol.